The second-order valence-electron chi connectivity index (χ2n) is 3.15. The fraction of sp³-hybridized carbons (Fsp3) is 0.0909. The summed E-state index contributed by atoms with van der Waals surface area (Å²) in [6.45, 7) is 0. The van der Waals surface area contributed by atoms with Crippen molar-refractivity contribution in [1.82, 2.24) is 9.97 Å². The van der Waals surface area contributed by atoms with E-state index in [1.807, 2.05) is 0 Å². The predicted molar refractivity (Wildman–Crippen MR) is 65.8 cm³/mol. The molecule has 0 aliphatic rings. The number of halogens is 2. The van der Waals surface area contributed by atoms with Crippen LogP contribution in [0.3, 0.4) is 0 Å². The van der Waals surface area contributed by atoms with Gasteiger partial charge in [0.05, 0.1) is 4.47 Å². The first-order valence-electron chi connectivity index (χ1n) is 4.83. The lowest BCUT2D eigenvalue weighted by Gasteiger charge is -2.07. The molecule has 17 heavy (non-hydrogen) atoms. The molecule has 1 aromatic heterocycles. The molecule has 0 saturated heterocycles. The van der Waals surface area contributed by atoms with Crippen LogP contribution in [0.5, 0.6) is 11.6 Å². The van der Waals surface area contributed by atoms with E-state index in [0.29, 0.717) is 22.1 Å². The van der Waals surface area contributed by atoms with Crippen LogP contribution in [0.4, 0.5) is 10.3 Å². The van der Waals surface area contributed by atoms with Crippen molar-refractivity contribution < 1.29 is 9.13 Å². The van der Waals surface area contributed by atoms with Crippen molar-refractivity contribution in [2.24, 2.45) is 0 Å². The van der Waals surface area contributed by atoms with Gasteiger partial charge in [-0.15, -0.1) is 0 Å². The quantitative estimate of drug-likeness (QED) is 0.945. The fourth-order valence-electron chi connectivity index (χ4n) is 1.19. The van der Waals surface area contributed by atoms with Crippen molar-refractivity contribution >= 4 is 21.9 Å². The van der Waals surface area contributed by atoms with Crippen LogP contribution in [-0.4, -0.2) is 17.0 Å². The van der Waals surface area contributed by atoms with Gasteiger partial charge in [0.2, 0.25) is 11.8 Å². The molecule has 1 aromatic carbocycles. The highest BCUT2D eigenvalue weighted by Crippen LogP contribution is 2.29. The van der Waals surface area contributed by atoms with Crippen molar-refractivity contribution in [2.75, 3.05) is 12.4 Å². The topological polar surface area (TPSA) is 47.0 Å². The smallest absolute Gasteiger partial charge is 0.225 e. The van der Waals surface area contributed by atoms with Crippen LogP contribution in [0.2, 0.25) is 0 Å². The average molecular weight is 298 g/mol. The Balaban J connectivity index is 2.25. The molecule has 2 rings (SSSR count). The number of hydrogen-bond donors (Lipinski definition) is 1. The fourth-order valence-corrected chi connectivity index (χ4v) is 1.62. The molecule has 0 atom stereocenters. The van der Waals surface area contributed by atoms with E-state index in [-0.39, 0.29) is 5.82 Å². The normalized spacial score (nSPS) is 10.1. The van der Waals surface area contributed by atoms with E-state index in [4.69, 9.17) is 4.74 Å². The maximum absolute atomic E-state index is 12.9. The van der Waals surface area contributed by atoms with E-state index in [2.05, 4.69) is 31.2 Å². The summed E-state index contributed by atoms with van der Waals surface area (Å²) in [5, 5.41) is 2.80. The summed E-state index contributed by atoms with van der Waals surface area (Å²) < 4.78 is 18.9. The third-order valence-corrected chi connectivity index (χ3v) is 2.58. The minimum absolute atomic E-state index is 0.331. The van der Waals surface area contributed by atoms with Gasteiger partial charge in [0.25, 0.3) is 0 Å². The minimum Gasteiger partial charge on any atom is -0.438 e. The Kier molecular flexibility index (Phi) is 3.53. The monoisotopic (exact) mass is 297 g/mol. The SMILES string of the molecule is CNc1nccc(Oc2ccc(F)cc2Br)n1. The van der Waals surface area contributed by atoms with E-state index in [9.17, 15) is 4.39 Å². The Morgan fingerprint density at radius 1 is 1.35 bits per heavy atom. The Labute approximate surface area is 106 Å². The lowest BCUT2D eigenvalue weighted by Crippen LogP contribution is -1.97. The number of hydrogen-bond acceptors (Lipinski definition) is 4. The first kappa shape index (κ1) is 11.8. The molecule has 1 heterocycles. The summed E-state index contributed by atoms with van der Waals surface area (Å²) in [5.41, 5.74) is 0. The molecule has 0 unspecified atom stereocenters. The van der Waals surface area contributed by atoms with Gasteiger partial charge in [0.1, 0.15) is 11.6 Å². The molecule has 0 radical (unpaired) electrons. The Hall–Kier alpha value is -1.69. The molecule has 0 fully saturated rings. The molecule has 0 amide bonds. The van der Waals surface area contributed by atoms with Crippen molar-refractivity contribution in [3.05, 3.63) is 40.8 Å². The summed E-state index contributed by atoms with van der Waals surface area (Å²) in [6, 6.07) is 5.80. The van der Waals surface area contributed by atoms with Crippen LogP contribution in [0, 0.1) is 5.82 Å². The summed E-state index contributed by atoms with van der Waals surface area (Å²) in [6.07, 6.45) is 1.57. The lowest BCUT2D eigenvalue weighted by atomic mass is 10.3. The van der Waals surface area contributed by atoms with Gasteiger partial charge in [0.15, 0.2) is 0 Å². The van der Waals surface area contributed by atoms with Crippen molar-refractivity contribution in [3.8, 4) is 11.6 Å². The van der Waals surface area contributed by atoms with Gasteiger partial charge >= 0.3 is 0 Å². The first-order valence-corrected chi connectivity index (χ1v) is 5.62. The molecule has 0 aliphatic heterocycles. The summed E-state index contributed by atoms with van der Waals surface area (Å²) in [5.74, 6) is 1.01. The maximum Gasteiger partial charge on any atom is 0.225 e. The van der Waals surface area contributed by atoms with Crippen LogP contribution in [-0.2, 0) is 0 Å². The highest BCUT2D eigenvalue weighted by Gasteiger charge is 2.05. The molecule has 88 valence electrons. The van der Waals surface area contributed by atoms with Gasteiger partial charge < -0.3 is 10.1 Å². The van der Waals surface area contributed by atoms with Crippen LogP contribution in [0.15, 0.2) is 34.9 Å². The average Bonchev–Trinajstić information content (AvgIpc) is 2.33. The standard InChI is InChI=1S/C11H9BrFN3O/c1-14-11-15-5-4-10(16-11)17-9-3-2-7(13)6-8(9)12/h2-6H,1H3,(H,14,15,16). The number of aromatic nitrogens is 2. The molecular weight excluding hydrogens is 289 g/mol. The Bertz CT molecular complexity index is 536. The number of anilines is 1. The number of rotatable bonds is 3. The van der Waals surface area contributed by atoms with E-state index in [1.165, 1.54) is 18.2 Å². The largest absolute Gasteiger partial charge is 0.438 e. The van der Waals surface area contributed by atoms with Crippen molar-refractivity contribution in [2.45, 2.75) is 0 Å². The van der Waals surface area contributed by atoms with Gasteiger partial charge in [-0.25, -0.2) is 9.37 Å². The summed E-state index contributed by atoms with van der Waals surface area (Å²) in [4.78, 5) is 8.05. The zero-order chi connectivity index (χ0) is 12.3. The van der Waals surface area contributed by atoms with Crippen LogP contribution >= 0.6 is 15.9 Å². The zero-order valence-electron chi connectivity index (χ0n) is 8.95. The molecular formula is C11H9BrFN3O. The summed E-state index contributed by atoms with van der Waals surface area (Å²) in [7, 11) is 1.72. The number of nitrogens with zero attached hydrogens (tertiary/aromatic N) is 2. The molecule has 0 bridgehead atoms. The first-order chi connectivity index (χ1) is 8.19. The third-order valence-electron chi connectivity index (χ3n) is 1.96. The maximum atomic E-state index is 12.9. The predicted octanol–water partition coefficient (Wildman–Crippen LogP) is 3.21. The van der Waals surface area contributed by atoms with Crippen LogP contribution in [0.1, 0.15) is 0 Å². The minimum atomic E-state index is -0.331. The number of nitrogens with one attached hydrogen (secondary N) is 1. The summed E-state index contributed by atoms with van der Waals surface area (Å²) >= 11 is 3.22. The third kappa shape index (κ3) is 2.91. The van der Waals surface area contributed by atoms with Gasteiger partial charge in [0, 0.05) is 19.3 Å². The highest BCUT2D eigenvalue weighted by atomic mass is 79.9. The van der Waals surface area contributed by atoms with Crippen molar-refractivity contribution in [3.63, 3.8) is 0 Å². The van der Waals surface area contributed by atoms with E-state index in [0.717, 1.165) is 0 Å². The van der Waals surface area contributed by atoms with Gasteiger partial charge in [-0.3, -0.25) is 0 Å². The molecule has 6 heteroatoms. The molecule has 2 aromatic rings. The molecule has 0 aliphatic carbocycles. The van der Waals surface area contributed by atoms with Gasteiger partial charge in [-0.05, 0) is 34.1 Å². The zero-order valence-corrected chi connectivity index (χ0v) is 10.5. The Morgan fingerprint density at radius 2 is 2.18 bits per heavy atom. The Morgan fingerprint density at radius 3 is 2.88 bits per heavy atom. The van der Waals surface area contributed by atoms with Gasteiger partial charge in [-0.1, -0.05) is 0 Å². The molecule has 4 nitrogen and oxygen atoms in total. The van der Waals surface area contributed by atoms with E-state index < -0.39 is 0 Å². The van der Waals surface area contributed by atoms with E-state index >= 15 is 0 Å². The van der Waals surface area contributed by atoms with E-state index in [1.54, 1.807) is 19.3 Å². The van der Waals surface area contributed by atoms with Crippen molar-refractivity contribution in [1.29, 1.82) is 0 Å². The number of ether oxygens (including phenoxy) is 1. The van der Waals surface area contributed by atoms with Crippen LogP contribution in [0.25, 0.3) is 0 Å². The second-order valence-corrected chi connectivity index (χ2v) is 4.00. The number of benzene rings is 1. The molecule has 0 saturated carbocycles. The lowest BCUT2D eigenvalue weighted by molar-refractivity contribution is 0.457. The van der Waals surface area contributed by atoms with Crippen LogP contribution < -0.4 is 10.1 Å². The molecule has 0 spiro atoms. The highest BCUT2D eigenvalue weighted by molar-refractivity contribution is 9.10. The molecule has 1 N–H and O–H groups in total. The van der Waals surface area contributed by atoms with Gasteiger partial charge in [-0.2, -0.15) is 4.98 Å². The second kappa shape index (κ2) is 5.09.